The molecule has 17 nitrogen and oxygen atoms in total. The molecule has 2 aliphatic rings. The lowest BCUT2D eigenvalue weighted by atomic mass is 9.96. The Morgan fingerprint density at radius 2 is 2.06 bits per heavy atom. The number of aliphatic hydroxyl groups is 2. The Hall–Kier alpha value is -1.03. The Morgan fingerprint density at radius 3 is 2.71 bits per heavy atom. The second kappa shape index (κ2) is 8.72. The number of nitrogen functional groups attached to an aromatic ring is 1. The number of aliphatic hydroxyl groups excluding tert-OH is 1. The van der Waals surface area contributed by atoms with Crippen LogP contribution in [0.2, 0.25) is 0 Å². The van der Waals surface area contributed by atoms with Gasteiger partial charge < -0.3 is 50.5 Å². The van der Waals surface area contributed by atoms with Crippen LogP contribution in [0.4, 0.5) is 17.3 Å². The summed E-state index contributed by atoms with van der Waals surface area (Å²) < 4.78 is 40.5. The lowest BCUT2D eigenvalue weighted by Gasteiger charge is -2.33. The molecule has 0 radical (unpaired) electrons. The van der Waals surface area contributed by atoms with E-state index in [1.165, 1.54) is 18.2 Å². The lowest BCUT2D eigenvalue weighted by Crippen LogP contribution is -2.53. The molecule has 0 amide bonds. The van der Waals surface area contributed by atoms with Gasteiger partial charge in [0, 0.05) is 0 Å². The van der Waals surface area contributed by atoms with Gasteiger partial charge >= 0.3 is 24.2 Å². The van der Waals surface area contributed by atoms with Crippen molar-refractivity contribution in [2.24, 2.45) is 0 Å². The summed E-state index contributed by atoms with van der Waals surface area (Å²) in [5.74, 6) is 0.449. The third-order valence-electron chi connectivity index (χ3n) is 4.34. The van der Waals surface area contributed by atoms with Crippen molar-refractivity contribution >= 4 is 41.6 Å². The van der Waals surface area contributed by atoms with Crippen molar-refractivity contribution in [2.45, 2.75) is 31.0 Å². The van der Waals surface area contributed by atoms with E-state index in [2.05, 4.69) is 28.4 Å². The van der Waals surface area contributed by atoms with E-state index in [0.29, 0.717) is 11.5 Å². The first-order valence-corrected chi connectivity index (χ1v) is 12.4. The summed E-state index contributed by atoms with van der Waals surface area (Å²) in [7, 11) is -13.7. The van der Waals surface area contributed by atoms with Gasteiger partial charge in [-0.1, -0.05) is 0 Å². The number of hydrogen-bond donors (Lipinski definition) is 8. The zero-order chi connectivity index (χ0) is 23.2. The highest BCUT2D eigenvalue weighted by molar-refractivity contribution is 7.63. The Labute approximate surface area is 175 Å². The molecule has 5 unspecified atom stereocenters. The van der Waals surface area contributed by atoms with Crippen LogP contribution < -0.4 is 16.0 Å². The van der Waals surface area contributed by atoms with Crippen molar-refractivity contribution < 1.29 is 56.8 Å². The van der Waals surface area contributed by atoms with E-state index in [9.17, 15) is 29.1 Å². The van der Waals surface area contributed by atoms with Gasteiger partial charge in [-0.2, -0.15) is 0 Å². The SMILES string of the molecule is CC1(O)C(N2CNc3c(N)ncnc32)OC(COP(=O)(O)OP(O)OP(=O)(O)O)[C@@H]1O. The molecule has 0 aromatic carbocycles. The molecule has 3 heterocycles. The maximum Gasteiger partial charge on any atom is 0.479 e. The van der Waals surface area contributed by atoms with Crippen LogP contribution in [0.5, 0.6) is 0 Å². The largest absolute Gasteiger partial charge is 0.479 e. The monoisotopic (exact) mass is 507 g/mol. The van der Waals surface area contributed by atoms with Gasteiger partial charge in [0.2, 0.25) is 0 Å². The number of ether oxygens (including phenoxy) is 1. The normalized spacial score (nSPS) is 31.2. The highest BCUT2D eigenvalue weighted by Crippen LogP contribution is 2.61. The molecular weight excluding hydrogens is 487 g/mol. The number of nitrogens with two attached hydrogens (primary N) is 1. The molecule has 1 aromatic rings. The van der Waals surface area contributed by atoms with Gasteiger partial charge in [-0.15, -0.1) is 0 Å². The number of nitrogens with one attached hydrogen (secondary N) is 1. The molecule has 9 N–H and O–H groups in total. The van der Waals surface area contributed by atoms with Crippen molar-refractivity contribution in [1.82, 2.24) is 9.97 Å². The molecule has 0 saturated carbocycles. The quantitative estimate of drug-likeness (QED) is 0.187. The van der Waals surface area contributed by atoms with Crippen LogP contribution in [0, 0.1) is 0 Å². The third-order valence-corrected chi connectivity index (χ3v) is 7.61. The standard InChI is InChI=1S/C11H20N5O12P3/c1-11(18)7(17)5(2-25-31(23,24)28-29(19)27-30(20,21)22)26-10(11)16-4-15-6-8(12)13-3-14-9(6)16/h3,5,7,10,15,17-19H,2,4H2,1H3,(H,23,24)(H2,12,13,14)(H2,20,21,22)/t5?,7-,10?,11?,29?/m0/s1. The number of nitrogens with zero attached hydrogens (tertiary/aromatic N) is 3. The first-order chi connectivity index (χ1) is 14.2. The number of phosphoric ester groups is 1. The predicted molar refractivity (Wildman–Crippen MR) is 102 cm³/mol. The zero-order valence-corrected chi connectivity index (χ0v) is 18.3. The van der Waals surface area contributed by atoms with E-state index in [-0.39, 0.29) is 12.5 Å². The van der Waals surface area contributed by atoms with Crippen LogP contribution in [0.1, 0.15) is 6.92 Å². The van der Waals surface area contributed by atoms with Crippen molar-refractivity contribution in [3.05, 3.63) is 6.33 Å². The van der Waals surface area contributed by atoms with Gasteiger partial charge in [-0.3, -0.25) is 4.52 Å². The first-order valence-electron chi connectivity index (χ1n) is 8.29. The summed E-state index contributed by atoms with van der Waals surface area (Å²) >= 11 is 0. The van der Waals surface area contributed by atoms with Crippen molar-refractivity contribution in [1.29, 1.82) is 0 Å². The average Bonchev–Trinajstić information content (AvgIpc) is 3.12. The Morgan fingerprint density at radius 1 is 1.39 bits per heavy atom. The summed E-state index contributed by atoms with van der Waals surface area (Å²) in [5.41, 5.74) is 4.26. The second-order valence-electron chi connectivity index (χ2n) is 6.62. The van der Waals surface area contributed by atoms with E-state index in [4.69, 9.17) is 20.3 Å². The Balaban J connectivity index is 1.66. The van der Waals surface area contributed by atoms with Gasteiger partial charge in [0.15, 0.2) is 17.9 Å². The molecule has 31 heavy (non-hydrogen) atoms. The van der Waals surface area contributed by atoms with Crippen LogP contribution in [0.3, 0.4) is 0 Å². The molecular formula is C11H20N5O12P3. The number of phosphoric acid groups is 2. The van der Waals surface area contributed by atoms with Crippen molar-refractivity contribution in [2.75, 3.05) is 29.2 Å². The highest BCUT2D eigenvalue weighted by Gasteiger charge is 2.56. The van der Waals surface area contributed by atoms with E-state index in [1.807, 2.05) is 0 Å². The molecule has 2 aliphatic heterocycles. The molecule has 0 bridgehead atoms. The van der Waals surface area contributed by atoms with E-state index >= 15 is 0 Å². The molecule has 3 rings (SSSR count). The van der Waals surface area contributed by atoms with Gasteiger partial charge in [0.05, 0.1) is 13.3 Å². The molecule has 1 fully saturated rings. The van der Waals surface area contributed by atoms with Crippen LogP contribution in [-0.2, 0) is 27.0 Å². The molecule has 1 aromatic heterocycles. The topological polar surface area (TPSA) is 260 Å². The summed E-state index contributed by atoms with van der Waals surface area (Å²) in [6.45, 7) is 0.553. The number of hydrogen-bond acceptors (Lipinski definition) is 14. The maximum atomic E-state index is 11.9. The summed E-state index contributed by atoms with van der Waals surface area (Å²) in [6.07, 6.45) is -2.95. The van der Waals surface area contributed by atoms with Crippen molar-refractivity contribution in [3.8, 4) is 0 Å². The minimum Gasteiger partial charge on any atom is -0.387 e. The van der Waals surface area contributed by atoms with Crippen LogP contribution >= 0.6 is 24.2 Å². The zero-order valence-electron chi connectivity index (χ0n) is 15.6. The van der Waals surface area contributed by atoms with E-state index in [0.717, 1.165) is 0 Å². The number of fused-ring (bicyclic) bond motifs is 1. The molecule has 0 spiro atoms. The first kappa shape index (κ1) is 24.6. The second-order valence-corrected chi connectivity index (χ2v) is 10.6. The van der Waals surface area contributed by atoms with E-state index < -0.39 is 54.9 Å². The molecule has 0 aliphatic carbocycles. The smallest absolute Gasteiger partial charge is 0.387 e. The average molecular weight is 507 g/mol. The van der Waals surface area contributed by atoms with Gasteiger partial charge in [-0.05, 0) is 6.92 Å². The molecule has 176 valence electrons. The Bertz CT molecular complexity index is 916. The Kier molecular flexibility index (Phi) is 6.93. The molecule has 1 saturated heterocycles. The fourth-order valence-corrected chi connectivity index (χ4v) is 5.36. The number of aromatic nitrogens is 2. The van der Waals surface area contributed by atoms with Gasteiger partial charge in [0.1, 0.15) is 29.8 Å². The van der Waals surface area contributed by atoms with Crippen LogP contribution in [0.25, 0.3) is 0 Å². The number of rotatable bonds is 8. The van der Waals surface area contributed by atoms with Crippen LogP contribution in [0.15, 0.2) is 6.33 Å². The third kappa shape index (κ3) is 5.49. The van der Waals surface area contributed by atoms with Gasteiger partial charge in [0.25, 0.3) is 0 Å². The van der Waals surface area contributed by atoms with Crippen LogP contribution in [-0.4, -0.2) is 77.1 Å². The number of anilines is 3. The highest BCUT2D eigenvalue weighted by atomic mass is 31.3. The predicted octanol–water partition coefficient (Wildman–Crippen LogP) is -1.45. The van der Waals surface area contributed by atoms with Crippen molar-refractivity contribution in [3.63, 3.8) is 0 Å². The molecule has 6 atom stereocenters. The fourth-order valence-electron chi connectivity index (χ4n) is 3.01. The summed E-state index contributed by atoms with van der Waals surface area (Å²) in [6, 6.07) is 0. The minimum absolute atomic E-state index is 0.0927. The van der Waals surface area contributed by atoms with Gasteiger partial charge in [-0.25, -0.2) is 27.7 Å². The lowest BCUT2D eigenvalue weighted by molar-refractivity contribution is -0.0629. The molecule has 20 heteroatoms. The minimum atomic E-state index is -5.19. The summed E-state index contributed by atoms with van der Waals surface area (Å²) in [4.78, 5) is 45.2. The fraction of sp³-hybridized carbons (Fsp3) is 0.636. The maximum absolute atomic E-state index is 11.9. The summed E-state index contributed by atoms with van der Waals surface area (Å²) in [5, 5.41) is 24.1. The van der Waals surface area contributed by atoms with E-state index in [1.54, 1.807) is 0 Å².